The first kappa shape index (κ1) is 14.6. The highest BCUT2D eigenvalue weighted by Crippen LogP contribution is 2.15. The Labute approximate surface area is 110 Å². The maximum absolute atomic E-state index is 13.3. The Morgan fingerprint density at radius 3 is 3.00 bits per heavy atom. The van der Waals surface area contributed by atoms with Crippen molar-refractivity contribution in [3.63, 3.8) is 0 Å². The number of benzene rings is 1. The van der Waals surface area contributed by atoms with Crippen molar-refractivity contribution in [1.82, 2.24) is 5.32 Å². The summed E-state index contributed by atoms with van der Waals surface area (Å²) in [7, 11) is 1.59. The van der Waals surface area contributed by atoms with Crippen molar-refractivity contribution >= 4 is 17.7 Å². The zero-order valence-electron chi connectivity index (χ0n) is 10.00. The van der Waals surface area contributed by atoms with Crippen LogP contribution in [0.2, 0.25) is 0 Å². The SMILES string of the molecule is CNC(=O)CSCc1ccc(F)c(C#CCO)c1. The Hall–Kier alpha value is -1.51. The highest BCUT2D eigenvalue weighted by molar-refractivity contribution is 7.99. The third-order valence-corrected chi connectivity index (χ3v) is 3.12. The van der Waals surface area contributed by atoms with Crippen molar-refractivity contribution in [3.8, 4) is 11.8 Å². The van der Waals surface area contributed by atoms with Gasteiger partial charge in [0.2, 0.25) is 5.91 Å². The summed E-state index contributed by atoms with van der Waals surface area (Å²) in [6.07, 6.45) is 0. The quantitative estimate of drug-likeness (QED) is 0.805. The van der Waals surface area contributed by atoms with Crippen LogP contribution >= 0.6 is 11.8 Å². The fraction of sp³-hybridized carbons (Fsp3) is 0.308. The third-order valence-electron chi connectivity index (χ3n) is 2.11. The van der Waals surface area contributed by atoms with Crippen LogP contribution in [-0.2, 0) is 10.5 Å². The molecule has 0 radical (unpaired) electrons. The Morgan fingerprint density at radius 1 is 1.56 bits per heavy atom. The molecule has 0 aliphatic carbocycles. The molecule has 5 heteroatoms. The van der Waals surface area contributed by atoms with Crippen molar-refractivity contribution in [1.29, 1.82) is 0 Å². The van der Waals surface area contributed by atoms with Crippen molar-refractivity contribution < 1.29 is 14.3 Å². The second-order valence-corrected chi connectivity index (χ2v) is 4.43. The summed E-state index contributed by atoms with van der Waals surface area (Å²) in [5.41, 5.74) is 1.16. The second-order valence-electron chi connectivity index (χ2n) is 3.44. The summed E-state index contributed by atoms with van der Waals surface area (Å²) in [5.74, 6) is 5.49. The molecule has 0 aliphatic heterocycles. The molecule has 0 bridgehead atoms. The van der Waals surface area contributed by atoms with Gasteiger partial charge in [-0.05, 0) is 17.7 Å². The minimum absolute atomic E-state index is 0.0394. The van der Waals surface area contributed by atoms with Crippen LogP contribution in [0, 0.1) is 17.7 Å². The molecular weight excluding hydrogens is 253 g/mol. The van der Waals surface area contributed by atoms with Gasteiger partial charge in [0, 0.05) is 12.8 Å². The smallest absolute Gasteiger partial charge is 0.229 e. The molecule has 1 amide bonds. The van der Waals surface area contributed by atoms with Crippen molar-refractivity contribution in [2.45, 2.75) is 5.75 Å². The number of nitrogens with one attached hydrogen (secondary N) is 1. The molecule has 96 valence electrons. The van der Waals surface area contributed by atoms with Crippen molar-refractivity contribution in [2.75, 3.05) is 19.4 Å². The molecule has 0 unspecified atom stereocenters. The van der Waals surface area contributed by atoms with Crippen LogP contribution < -0.4 is 5.32 Å². The molecule has 3 nitrogen and oxygen atoms in total. The molecule has 0 spiro atoms. The number of carbonyl (C=O) groups excluding carboxylic acids is 1. The first-order valence-electron chi connectivity index (χ1n) is 5.34. The molecule has 18 heavy (non-hydrogen) atoms. The zero-order valence-corrected chi connectivity index (χ0v) is 10.8. The Balaban J connectivity index is 2.64. The summed E-state index contributed by atoms with van der Waals surface area (Å²) in [5, 5.41) is 11.1. The number of rotatable bonds is 4. The minimum Gasteiger partial charge on any atom is -0.384 e. The largest absolute Gasteiger partial charge is 0.384 e. The molecule has 0 heterocycles. The van der Waals surface area contributed by atoms with Crippen LogP contribution in [0.15, 0.2) is 18.2 Å². The lowest BCUT2D eigenvalue weighted by molar-refractivity contribution is -0.118. The van der Waals surface area contributed by atoms with Crippen LogP contribution in [0.25, 0.3) is 0 Å². The van der Waals surface area contributed by atoms with E-state index in [1.807, 2.05) is 0 Å². The summed E-state index contributed by atoms with van der Waals surface area (Å²) < 4.78 is 13.3. The molecule has 0 fully saturated rings. The molecule has 0 saturated heterocycles. The Bertz CT molecular complexity index is 480. The van der Waals surface area contributed by atoms with Gasteiger partial charge in [-0.25, -0.2) is 4.39 Å². The number of hydrogen-bond acceptors (Lipinski definition) is 3. The summed E-state index contributed by atoms with van der Waals surface area (Å²) in [6, 6.07) is 4.64. The van der Waals surface area contributed by atoms with Gasteiger partial charge >= 0.3 is 0 Å². The number of carbonyl (C=O) groups is 1. The van der Waals surface area contributed by atoms with Crippen LogP contribution in [0.4, 0.5) is 4.39 Å². The van der Waals surface area contributed by atoms with Crippen molar-refractivity contribution in [2.24, 2.45) is 0 Å². The molecule has 0 saturated carbocycles. The highest BCUT2D eigenvalue weighted by Gasteiger charge is 2.03. The molecular formula is C13H14FNO2S. The maximum Gasteiger partial charge on any atom is 0.229 e. The first-order chi connectivity index (χ1) is 8.67. The monoisotopic (exact) mass is 267 g/mol. The molecule has 0 atom stereocenters. The van der Waals surface area contributed by atoms with E-state index >= 15 is 0 Å². The number of amides is 1. The van der Waals surface area contributed by atoms with E-state index < -0.39 is 5.82 Å². The van der Waals surface area contributed by atoms with E-state index in [0.717, 1.165) is 5.56 Å². The third kappa shape index (κ3) is 4.78. The van der Waals surface area contributed by atoms with E-state index in [4.69, 9.17) is 5.11 Å². The van der Waals surface area contributed by atoms with Crippen LogP contribution in [0.5, 0.6) is 0 Å². The van der Waals surface area contributed by atoms with E-state index in [1.165, 1.54) is 17.8 Å². The minimum atomic E-state index is -0.406. The van der Waals surface area contributed by atoms with Gasteiger partial charge in [-0.2, -0.15) is 0 Å². The lowest BCUT2D eigenvalue weighted by Gasteiger charge is -2.03. The zero-order chi connectivity index (χ0) is 13.4. The molecule has 2 N–H and O–H groups in total. The highest BCUT2D eigenvalue weighted by atomic mass is 32.2. The van der Waals surface area contributed by atoms with Gasteiger partial charge in [0.1, 0.15) is 12.4 Å². The summed E-state index contributed by atoms with van der Waals surface area (Å²) in [4.78, 5) is 11.0. The number of halogens is 1. The van der Waals surface area contributed by atoms with Crippen LogP contribution in [-0.4, -0.2) is 30.4 Å². The lowest BCUT2D eigenvalue weighted by atomic mass is 10.1. The van der Waals surface area contributed by atoms with E-state index in [9.17, 15) is 9.18 Å². The van der Waals surface area contributed by atoms with Crippen molar-refractivity contribution in [3.05, 3.63) is 35.1 Å². The van der Waals surface area contributed by atoms with Crippen LogP contribution in [0.1, 0.15) is 11.1 Å². The fourth-order valence-electron chi connectivity index (χ4n) is 1.23. The summed E-state index contributed by atoms with van der Waals surface area (Å²) in [6.45, 7) is -0.297. The standard InChI is InChI=1S/C13H14FNO2S/c1-15-13(17)9-18-8-10-4-5-12(14)11(7-10)3-2-6-16/h4-5,7,16H,6,8-9H2,1H3,(H,15,17). The molecule has 0 aromatic heterocycles. The normalized spacial score (nSPS) is 9.50. The number of aliphatic hydroxyl groups excluding tert-OH is 1. The van der Waals surface area contributed by atoms with E-state index in [-0.39, 0.29) is 18.1 Å². The summed E-state index contributed by atoms with van der Waals surface area (Å²) >= 11 is 1.45. The molecule has 1 aromatic rings. The number of hydrogen-bond donors (Lipinski definition) is 2. The van der Waals surface area contributed by atoms with E-state index in [2.05, 4.69) is 17.2 Å². The number of thioether (sulfide) groups is 1. The van der Waals surface area contributed by atoms with Crippen LogP contribution in [0.3, 0.4) is 0 Å². The molecule has 0 aliphatic rings. The van der Waals surface area contributed by atoms with Gasteiger partial charge in [0.25, 0.3) is 0 Å². The van der Waals surface area contributed by atoms with E-state index in [0.29, 0.717) is 11.5 Å². The average molecular weight is 267 g/mol. The van der Waals surface area contributed by atoms with Gasteiger partial charge in [-0.3, -0.25) is 4.79 Å². The Kier molecular flexibility index (Phi) is 6.26. The fourth-order valence-corrected chi connectivity index (χ4v) is 2.07. The predicted molar refractivity (Wildman–Crippen MR) is 70.6 cm³/mol. The maximum atomic E-state index is 13.3. The number of aliphatic hydroxyl groups is 1. The van der Waals surface area contributed by atoms with Gasteiger partial charge in [-0.15, -0.1) is 11.8 Å². The topological polar surface area (TPSA) is 49.3 Å². The lowest BCUT2D eigenvalue weighted by Crippen LogP contribution is -2.19. The van der Waals surface area contributed by atoms with Gasteiger partial charge in [-0.1, -0.05) is 17.9 Å². The molecule has 1 aromatic carbocycles. The predicted octanol–water partition coefficient (Wildman–Crippen LogP) is 1.15. The van der Waals surface area contributed by atoms with Gasteiger partial charge in [0.15, 0.2) is 0 Å². The van der Waals surface area contributed by atoms with Gasteiger partial charge in [0.05, 0.1) is 11.3 Å². The van der Waals surface area contributed by atoms with Gasteiger partial charge < -0.3 is 10.4 Å². The second kappa shape index (κ2) is 7.75. The first-order valence-corrected chi connectivity index (χ1v) is 6.49. The Morgan fingerprint density at radius 2 is 2.33 bits per heavy atom. The van der Waals surface area contributed by atoms with E-state index in [1.54, 1.807) is 19.2 Å². The molecule has 1 rings (SSSR count). The average Bonchev–Trinajstić information content (AvgIpc) is 2.38.